The van der Waals surface area contributed by atoms with E-state index in [0.29, 0.717) is 36.7 Å². The van der Waals surface area contributed by atoms with E-state index in [0.717, 1.165) is 6.42 Å². The quantitative estimate of drug-likeness (QED) is 0.364. The molecule has 0 radical (unpaired) electrons. The largest absolute Gasteiger partial charge is 0.481 e. The van der Waals surface area contributed by atoms with Crippen molar-refractivity contribution in [2.45, 2.75) is 44.7 Å². The number of aromatic nitrogens is 1. The lowest BCUT2D eigenvalue weighted by atomic mass is 10.0. The SMILES string of the molecule is CCCC(=O)O.NC1=CC=CC(N)(CCCC(=O)O)N1.Nc1cccc(N)n1. The minimum Gasteiger partial charge on any atom is -0.481 e. The summed E-state index contributed by atoms with van der Waals surface area (Å²) in [5, 5.41) is 19.3. The first kappa shape index (κ1) is 24.7. The molecule has 1 aliphatic rings. The summed E-state index contributed by atoms with van der Waals surface area (Å²) in [6, 6.07) is 5.14. The number of anilines is 2. The highest BCUT2D eigenvalue weighted by molar-refractivity contribution is 5.66. The van der Waals surface area contributed by atoms with Crippen LogP contribution in [0.3, 0.4) is 0 Å². The molecule has 10 nitrogen and oxygen atoms in total. The maximum atomic E-state index is 10.3. The van der Waals surface area contributed by atoms with E-state index in [4.69, 9.17) is 33.1 Å². The van der Waals surface area contributed by atoms with Crippen LogP contribution in [0.4, 0.5) is 11.6 Å². The van der Waals surface area contributed by atoms with Gasteiger partial charge in [-0.15, -0.1) is 0 Å². The number of rotatable bonds is 6. The standard InChI is InChI=1S/C9H15N3O2.C5H7N3.C4H8O2/c10-7-3-1-5-9(11,12-7)6-2-4-8(13)14;6-4-2-1-3-5(7)8-4;1-2-3-4(5)6/h1,3,5,12H,2,4,6,10-11H2,(H,13,14);1-3H,(H4,6,7,8);2-3H2,1H3,(H,5,6). The number of carboxylic acid groups (broad SMARTS) is 2. The maximum absolute atomic E-state index is 10.3. The number of nitrogens with one attached hydrogen (secondary N) is 1. The molecule has 28 heavy (non-hydrogen) atoms. The lowest BCUT2D eigenvalue weighted by Crippen LogP contribution is -2.53. The van der Waals surface area contributed by atoms with Crippen molar-refractivity contribution < 1.29 is 19.8 Å². The number of carboxylic acids is 2. The van der Waals surface area contributed by atoms with Crippen LogP contribution >= 0.6 is 0 Å². The number of pyridine rings is 1. The summed E-state index contributed by atoms with van der Waals surface area (Å²) < 4.78 is 0. The Labute approximate surface area is 164 Å². The number of carbonyl (C=O) groups is 2. The van der Waals surface area contributed by atoms with Crippen molar-refractivity contribution in [1.82, 2.24) is 10.3 Å². The summed E-state index contributed by atoms with van der Waals surface area (Å²) in [6.07, 6.45) is 7.48. The second kappa shape index (κ2) is 13.0. The van der Waals surface area contributed by atoms with Gasteiger partial charge in [-0.25, -0.2) is 4.98 Å². The maximum Gasteiger partial charge on any atom is 0.303 e. The van der Waals surface area contributed by atoms with Crippen molar-refractivity contribution in [2.24, 2.45) is 11.5 Å². The molecular weight excluding hydrogens is 364 g/mol. The molecule has 0 aromatic carbocycles. The molecule has 0 saturated carbocycles. The minimum absolute atomic E-state index is 0.123. The molecular formula is C18H30N6O4. The third-order valence-corrected chi connectivity index (χ3v) is 3.28. The van der Waals surface area contributed by atoms with E-state index in [1.54, 1.807) is 36.4 Å². The van der Waals surface area contributed by atoms with Crippen molar-refractivity contribution in [3.63, 3.8) is 0 Å². The highest BCUT2D eigenvalue weighted by atomic mass is 16.4. The molecule has 10 heteroatoms. The number of nitrogen functional groups attached to an aromatic ring is 2. The number of hydrogen-bond donors (Lipinski definition) is 7. The van der Waals surface area contributed by atoms with Crippen LogP contribution in [0.5, 0.6) is 0 Å². The van der Waals surface area contributed by atoms with Gasteiger partial charge in [0, 0.05) is 12.8 Å². The molecule has 0 amide bonds. The zero-order valence-corrected chi connectivity index (χ0v) is 16.0. The van der Waals surface area contributed by atoms with Crippen LogP contribution in [-0.4, -0.2) is 32.8 Å². The molecule has 0 aliphatic carbocycles. The Bertz CT molecular complexity index is 675. The Balaban J connectivity index is 0.000000439. The van der Waals surface area contributed by atoms with Crippen molar-refractivity contribution in [1.29, 1.82) is 0 Å². The second-order valence-corrected chi connectivity index (χ2v) is 6.02. The fourth-order valence-electron chi connectivity index (χ4n) is 2.04. The third-order valence-electron chi connectivity index (χ3n) is 3.28. The first-order chi connectivity index (χ1) is 13.1. The van der Waals surface area contributed by atoms with Gasteiger partial charge >= 0.3 is 11.9 Å². The van der Waals surface area contributed by atoms with E-state index < -0.39 is 17.6 Å². The van der Waals surface area contributed by atoms with Gasteiger partial charge in [0.05, 0.1) is 5.82 Å². The summed E-state index contributed by atoms with van der Waals surface area (Å²) in [4.78, 5) is 23.6. The van der Waals surface area contributed by atoms with Crippen LogP contribution in [0.1, 0.15) is 39.0 Å². The summed E-state index contributed by atoms with van der Waals surface area (Å²) >= 11 is 0. The van der Waals surface area contributed by atoms with Crippen LogP contribution in [-0.2, 0) is 9.59 Å². The van der Waals surface area contributed by atoms with Gasteiger partial charge in [-0.2, -0.15) is 0 Å². The van der Waals surface area contributed by atoms with Crippen molar-refractivity contribution in [3.8, 4) is 0 Å². The molecule has 0 saturated heterocycles. The van der Waals surface area contributed by atoms with Crippen molar-refractivity contribution in [2.75, 3.05) is 11.5 Å². The van der Waals surface area contributed by atoms with Gasteiger partial charge in [0.1, 0.15) is 17.3 Å². The number of hydrogen-bond acceptors (Lipinski definition) is 8. The van der Waals surface area contributed by atoms with E-state index in [-0.39, 0.29) is 6.42 Å². The molecule has 2 heterocycles. The number of nitrogens with zero attached hydrogens (tertiary/aromatic N) is 1. The molecule has 1 aromatic rings. The molecule has 0 spiro atoms. The second-order valence-electron chi connectivity index (χ2n) is 6.02. The van der Waals surface area contributed by atoms with Crippen molar-refractivity contribution in [3.05, 3.63) is 42.2 Å². The predicted octanol–water partition coefficient (Wildman–Crippen LogP) is 0.973. The van der Waals surface area contributed by atoms with E-state index >= 15 is 0 Å². The van der Waals surface area contributed by atoms with Gasteiger partial charge in [0.2, 0.25) is 0 Å². The topological polar surface area (TPSA) is 204 Å². The Morgan fingerprint density at radius 1 is 1.11 bits per heavy atom. The predicted molar refractivity (Wildman–Crippen MR) is 109 cm³/mol. The molecule has 11 N–H and O–H groups in total. The third kappa shape index (κ3) is 13.0. The molecule has 1 aliphatic heterocycles. The Morgan fingerprint density at radius 2 is 1.68 bits per heavy atom. The van der Waals surface area contributed by atoms with Gasteiger partial charge in [-0.05, 0) is 43.5 Å². The Morgan fingerprint density at radius 3 is 2.04 bits per heavy atom. The fourth-order valence-corrected chi connectivity index (χ4v) is 2.04. The van der Waals surface area contributed by atoms with Crippen LogP contribution in [0.15, 0.2) is 42.2 Å². The highest BCUT2D eigenvalue weighted by Gasteiger charge is 2.22. The highest BCUT2D eigenvalue weighted by Crippen LogP contribution is 2.14. The average Bonchev–Trinajstić information content (AvgIpc) is 2.54. The smallest absolute Gasteiger partial charge is 0.303 e. The Kier molecular flexibility index (Phi) is 11.5. The average molecular weight is 394 g/mol. The number of aliphatic carboxylic acids is 2. The molecule has 1 aromatic heterocycles. The van der Waals surface area contributed by atoms with Crippen LogP contribution in [0.2, 0.25) is 0 Å². The molecule has 0 fully saturated rings. The van der Waals surface area contributed by atoms with Gasteiger partial charge in [-0.1, -0.05) is 19.1 Å². The molecule has 1 unspecified atom stereocenters. The lowest BCUT2D eigenvalue weighted by Gasteiger charge is -2.30. The zero-order valence-electron chi connectivity index (χ0n) is 16.0. The van der Waals surface area contributed by atoms with Crippen LogP contribution in [0, 0.1) is 0 Å². The minimum atomic E-state index is -0.808. The first-order valence-electron chi connectivity index (χ1n) is 8.71. The number of dihydropyridines is 1. The van der Waals surface area contributed by atoms with E-state index in [2.05, 4.69) is 10.3 Å². The van der Waals surface area contributed by atoms with Crippen LogP contribution < -0.4 is 28.3 Å². The summed E-state index contributed by atoms with van der Waals surface area (Å²) in [6.45, 7) is 1.84. The van der Waals surface area contributed by atoms with Crippen LogP contribution in [0.25, 0.3) is 0 Å². The summed E-state index contributed by atoms with van der Waals surface area (Å²) in [7, 11) is 0. The normalized spacial score (nSPS) is 17.0. The lowest BCUT2D eigenvalue weighted by molar-refractivity contribution is -0.138. The Hall–Kier alpha value is -3.27. The monoisotopic (exact) mass is 394 g/mol. The zero-order chi connectivity index (χ0) is 21.6. The number of allylic oxidation sites excluding steroid dienone is 2. The summed E-state index contributed by atoms with van der Waals surface area (Å²) in [5.41, 5.74) is 21.3. The van der Waals surface area contributed by atoms with Crippen molar-refractivity contribution >= 4 is 23.6 Å². The van der Waals surface area contributed by atoms with Gasteiger partial charge in [-0.3, -0.25) is 9.59 Å². The molecule has 156 valence electrons. The number of nitrogens with two attached hydrogens (primary N) is 4. The van der Waals surface area contributed by atoms with E-state index in [1.807, 2.05) is 6.92 Å². The first-order valence-corrected chi connectivity index (χ1v) is 8.71. The molecule has 0 bridgehead atoms. The molecule has 2 rings (SSSR count). The van der Waals surface area contributed by atoms with Gasteiger partial charge in [0.15, 0.2) is 0 Å². The van der Waals surface area contributed by atoms with E-state index in [1.165, 1.54) is 0 Å². The van der Waals surface area contributed by atoms with E-state index in [9.17, 15) is 9.59 Å². The fraction of sp³-hybridized carbons (Fsp3) is 0.389. The van der Waals surface area contributed by atoms with Gasteiger partial charge in [0.25, 0.3) is 0 Å². The van der Waals surface area contributed by atoms with Gasteiger partial charge < -0.3 is 38.5 Å². The summed E-state index contributed by atoms with van der Waals surface area (Å²) in [5.74, 6) is -0.0882. The molecule has 1 atom stereocenters.